The normalized spacial score (nSPS) is 11.1. The molecule has 2 aromatic rings. The van der Waals surface area contributed by atoms with Crippen molar-refractivity contribution in [2.75, 3.05) is 11.9 Å². The van der Waals surface area contributed by atoms with Gasteiger partial charge in [0.1, 0.15) is 15.6 Å². The van der Waals surface area contributed by atoms with Gasteiger partial charge in [0, 0.05) is 6.08 Å². The summed E-state index contributed by atoms with van der Waals surface area (Å²) in [6.45, 7) is 3.85. The average molecular weight is 467 g/mol. The Morgan fingerprint density at radius 1 is 1.12 bits per heavy atom. The summed E-state index contributed by atoms with van der Waals surface area (Å²) in [6, 6.07) is 5.69. The number of anilines is 1. The molecule has 32 heavy (non-hydrogen) atoms. The van der Waals surface area contributed by atoms with Crippen molar-refractivity contribution >= 4 is 40.3 Å². The Labute approximate surface area is 188 Å². The highest BCUT2D eigenvalue weighted by Crippen LogP contribution is 2.34. The van der Waals surface area contributed by atoms with Crippen LogP contribution in [0.5, 0.6) is 5.75 Å². The molecule has 0 fully saturated rings. The first-order chi connectivity index (χ1) is 15.1. The zero-order valence-corrected chi connectivity index (χ0v) is 18.8. The molecule has 0 spiro atoms. The Kier molecular flexibility index (Phi) is 8.89. The van der Waals surface area contributed by atoms with Gasteiger partial charge in [-0.1, -0.05) is 12.1 Å². The molecule has 1 N–H and O–H groups in total. The maximum absolute atomic E-state index is 12.6. The quantitative estimate of drug-likeness (QED) is 0.410. The number of carbonyl (C=O) groups excluding carboxylic acids is 3. The van der Waals surface area contributed by atoms with Gasteiger partial charge in [0.2, 0.25) is 5.91 Å². The second kappa shape index (κ2) is 11.4. The summed E-state index contributed by atoms with van der Waals surface area (Å²) in [6.07, 6.45) is 2.27. The Balaban J connectivity index is 2.23. The molecule has 1 aromatic heterocycles. The van der Waals surface area contributed by atoms with E-state index in [0.717, 1.165) is 11.3 Å². The maximum Gasteiger partial charge on any atom is 0.387 e. The van der Waals surface area contributed by atoms with Crippen LogP contribution >= 0.6 is 11.3 Å². The summed E-state index contributed by atoms with van der Waals surface area (Å²) in [5.41, 5.74) is 1.01. The standard InChI is InChI=1S/C22H23F2NO6S/c1-5-29-21(28)18-13(4)17(20(27)30-12(2)3)19(32-18)25-16(26)11-8-14-6-9-15(10-7-14)31-22(23)24/h6-12,22H,5H2,1-4H3,(H,25,26)/b11-8-. The number of benzene rings is 1. The van der Waals surface area contributed by atoms with Crippen LogP contribution in [-0.4, -0.2) is 37.2 Å². The van der Waals surface area contributed by atoms with Crippen molar-refractivity contribution in [3.8, 4) is 5.75 Å². The van der Waals surface area contributed by atoms with E-state index >= 15 is 0 Å². The van der Waals surface area contributed by atoms with E-state index in [9.17, 15) is 23.2 Å². The number of esters is 2. The van der Waals surface area contributed by atoms with Crippen LogP contribution in [0.1, 0.15) is 51.9 Å². The van der Waals surface area contributed by atoms with Crippen LogP contribution in [0, 0.1) is 6.92 Å². The van der Waals surface area contributed by atoms with Crippen LogP contribution in [0.15, 0.2) is 30.3 Å². The topological polar surface area (TPSA) is 90.9 Å². The first-order valence-electron chi connectivity index (χ1n) is 9.67. The van der Waals surface area contributed by atoms with Gasteiger partial charge in [-0.05, 0) is 57.0 Å². The number of hydrogen-bond donors (Lipinski definition) is 1. The molecule has 1 aromatic carbocycles. The van der Waals surface area contributed by atoms with Crippen molar-refractivity contribution < 1.29 is 37.4 Å². The number of carbonyl (C=O) groups is 3. The molecular formula is C22H23F2NO6S. The predicted molar refractivity (Wildman–Crippen MR) is 116 cm³/mol. The van der Waals surface area contributed by atoms with Gasteiger partial charge in [0.25, 0.3) is 0 Å². The highest BCUT2D eigenvalue weighted by Gasteiger charge is 2.27. The van der Waals surface area contributed by atoms with E-state index in [1.54, 1.807) is 27.7 Å². The van der Waals surface area contributed by atoms with Crippen LogP contribution in [0.25, 0.3) is 6.08 Å². The van der Waals surface area contributed by atoms with E-state index < -0.39 is 30.6 Å². The number of halogens is 2. The number of thiophene rings is 1. The van der Waals surface area contributed by atoms with Gasteiger partial charge >= 0.3 is 18.6 Å². The van der Waals surface area contributed by atoms with Crippen molar-refractivity contribution in [1.82, 2.24) is 0 Å². The SMILES string of the molecule is CCOC(=O)c1sc(NC(=O)/C=C\c2ccc(OC(F)F)cc2)c(C(=O)OC(C)C)c1C. The monoisotopic (exact) mass is 467 g/mol. The lowest BCUT2D eigenvalue weighted by Gasteiger charge is -2.09. The summed E-state index contributed by atoms with van der Waals surface area (Å²) in [5, 5.41) is 2.75. The van der Waals surface area contributed by atoms with Crippen LogP contribution in [-0.2, 0) is 14.3 Å². The zero-order chi connectivity index (χ0) is 23.8. The fourth-order valence-corrected chi connectivity index (χ4v) is 3.69. The van der Waals surface area contributed by atoms with E-state index in [-0.39, 0.29) is 27.8 Å². The van der Waals surface area contributed by atoms with Crippen molar-refractivity contribution in [2.45, 2.75) is 40.4 Å². The minimum Gasteiger partial charge on any atom is -0.462 e. The molecule has 0 atom stereocenters. The second-order valence-corrected chi connectivity index (χ2v) is 7.73. The molecule has 0 saturated heterocycles. The summed E-state index contributed by atoms with van der Waals surface area (Å²) in [4.78, 5) is 37.4. The second-order valence-electron chi connectivity index (χ2n) is 6.70. The van der Waals surface area contributed by atoms with E-state index in [0.29, 0.717) is 11.1 Å². The smallest absolute Gasteiger partial charge is 0.387 e. The molecule has 1 heterocycles. The molecule has 172 valence electrons. The first kappa shape index (κ1) is 25.0. The average Bonchev–Trinajstić information content (AvgIpc) is 3.02. The van der Waals surface area contributed by atoms with E-state index in [1.165, 1.54) is 36.4 Å². The van der Waals surface area contributed by atoms with Crippen LogP contribution in [0.4, 0.5) is 13.8 Å². The van der Waals surface area contributed by atoms with Crippen molar-refractivity contribution in [2.24, 2.45) is 0 Å². The molecule has 1 amide bonds. The third-order valence-electron chi connectivity index (χ3n) is 3.92. The molecule has 0 unspecified atom stereocenters. The lowest BCUT2D eigenvalue weighted by molar-refractivity contribution is -0.111. The van der Waals surface area contributed by atoms with E-state index in [1.807, 2.05) is 0 Å². The Hall–Kier alpha value is -3.27. The minimum absolute atomic E-state index is 0.00420. The molecule has 0 radical (unpaired) electrons. The van der Waals surface area contributed by atoms with Crippen molar-refractivity contribution in [3.05, 3.63) is 51.9 Å². The maximum atomic E-state index is 12.6. The number of nitrogens with one attached hydrogen (secondary N) is 1. The molecule has 0 saturated carbocycles. The fourth-order valence-electron chi connectivity index (χ4n) is 2.60. The molecule has 0 aliphatic heterocycles. The van der Waals surface area contributed by atoms with E-state index in [2.05, 4.69) is 10.1 Å². The Morgan fingerprint density at radius 2 is 1.78 bits per heavy atom. The summed E-state index contributed by atoms with van der Waals surface area (Å²) < 4.78 is 39.0. The lowest BCUT2D eigenvalue weighted by atomic mass is 10.1. The number of hydrogen-bond acceptors (Lipinski definition) is 7. The molecular weight excluding hydrogens is 444 g/mol. The van der Waals surface area contributed by atoms with Gasteiger partial charge in [0.05, 0.1) is 18.3 Å². The number of amides is 1. The third-order valence-corrected chi connectivity index (χ3v) is 5.11. The van der Waals surface area contributed by atoms with Crippen LogP contribution < -0.4 is 10.1 Å². The molecule has 0 aliphatic carbocycles. The number of alkyl halides is 2. The Bertz CT molecular complexity index is 999. The van der Waals surface area contributed by atoms with Gasteiger partial charge in [0.15, 0.2) is 0 Å². The van der Waals surface area contributed by atoms with Gasteiger partial charge in [-0.25, -0.2) is 9.59 Å². The predicted octanol–water partition coefficient (Wildman–Crippen LogP) is 5.05. The van der Waals surface area contributed by atoms with E-state index in [4.69, 9.17) is 9.47 Å². The fraction of sp³-hybridized carbons (Fsp3) is 0.318. The highest BCUT2D eigenvalue weighted by atomic mass is 32.1. The number of rotatable bonds is 9. The van der Waals surface area contributed by atoms with Gasteiger partial charge in [-0.3, -0.25) is 4.79 Å². The molecule has 0 bridgehead atoms. The van der Waals surface area contributed by atoms with Crippen molar-refractivity contribution in [3.63, 3.8) is 0 Å². The molecule has 7 nitrogen and oxygen atoms in total. The first-order valence-corrected chi connectivity index (χ1v) is 10.5. The Morgan fingerprint density at radius 3 is 2.34 bits per heavy atom. The largest absolute Gasteiger partial charge is 0.462 e. The summed E-state index contributed by atoms with van der Waals surface area (Å²) in [7, 11) is 0. The highest BCUT2D eigenvalue weighted by molar-refractivity contribution is 7.18. The minimum atomic E-state index is -2.92. The van der Waals surface area contributed by atoms with Crippen molar-refractivity contribution in [1.29, 1.82) is 0 Å². The summed E-state index contributed by atoms with van der Waals surface area (Å²) >= 11 is 0.918. The summed E-state index contributed by atoms with van der Waals surface area (Å²) in [5.74, 6) is -1.84. The zero-order valence-electron chi connectivity index (χ0n) is 17.9. The molecule has 2 rings (SSSR count). The van der Waals surface area contributed by atoms with Gasteiger partial charge in [-0.15, -0.1) is 11.3 Å². The lowest BCUT2D eigenvalue weighted by Crippen LogP contribution is -2.16. The van der Waals surface area contributed by atoms with Crippen LogP contribution in [0.2, 0.25) is 0 Å². The van der Waals surface area contributed by atoms with Gasteiger partial charge in [-0.2, -0.15) is 8.78 Å². The molecule has 0 aliphatic rings. The third kappa shape index (κ3) is 6.88. The van der Waals surface area contributed by atoms with Crippen LogP contribution in [0.3, 0.4) is 0 Å². The molecule has 10 heteroatoms. The van der Waals surface area contributed by atoms with Gasteiger partial charge < -0.3 is 19.5 Å². The number of ether oxygens (including phenoxy) is 3.